The van der Waals surface area contributed by atoms with Crippen LogP contribution in [0.4, 0.5) is 14.5 Å². The van der Waals surface area contributed by atoms with Gasteiger partial charge in [0, 0.05) is 22.6 Å². The predicted octanol–water partition coefficient (Wildman–Crippen LogP) is 4.76. The summed E-state index contributed by atoms with van der Waals surface area (Å²) < 4.78 is 34.1. The third kappa shape index (κ3) is 6.84. The third-order valence-electron chi connectivity index (χ3n) is 3.62. The normalized spacial score (nSPS) is 10.6. The topological polar surface area (TPSA) is 64.6 Å². The first-order chi connectivity index (χ1) is 13.4. The highest BCUT2D eigenvalue weighted by molar-refractivity contribution is 7.99. The summed E-state index contributed by atoms with van der Waals surface area (Å²) in [6.45, 7) is 0.987. The van der Waals surface area contributed by atoms with E-state index in [9.17, 15) is 18.4 Å². The molecule has 0 unspecified atom stereocenters. The van der Waals surface area contributed by atoms with Gasteiger partial charge in [-0.25, -0.2) is 0 Å². The van der Waals surface area contributed by atoms with Crippen LogP contribution in [0.15, 0.2) is 42.5 Å². The Bertz CT molecular complexity index is 812. The van der Waals surface area contributed by atoms with E-state index in [1.54, 1.807) is 18.2 Å². The number of nitrogens with one attached hydrogen (secondary N) is 1. The zero-order chi connectivity index (χ0) is 20.5. The molecule has 0 heterocycles. The molecule has 0 bridgehead atoms. The van der Waals surface area contributed by atoms with E-state index in [0.29, 0.717) is 29.4 Å². The average Bonchev–Trinajstić information content (AvgIpc) is 2.64. The quantitative estimate of drug-likeness (QED) is 0.573. The maximum Gasteiger partial charge on any atom is 0.387 e. The highest BCUT2D eigenvalue weighted by Crippen LogP contribution is 2.25. The highest BCUT2D eigenvalue weighted by atomic mass is 32.2. The Kier molecular flexibility index (Phi) is 8.25. The van der Waals surface area contributed by atoms with Gasteiger partial charge in [0.1, 0.15) is 11.5 Å². The first kappa shape index (κ1) is 21.7. The van der Waals surface area contributed by atoms with Gasteiger partial charge in [0.25, 0.3) is 0 Å². The van der Waals surface area contributed by atoms with Crippen LogP contribution in [0, 0.1) is 0 Å². The van der Waals surface area contributed by atoms with Gasteiger partial charge in [0.2, 0.25) is 5.91 Å². The lowest BCUT2D eigenvalue weighted by Gasteiger charge is -2.11. The van der Waals surface area contributed by atoms with Gasteiger partial charge in [-0.3, -0.25) is 9.59 Å². The standard InChI is InChI=1S/C20H21F2NO4S/c1-3-26-18-9-4-14(13(2)24)10-15(18)11-28-12-19(25)23-16-5-7-17(8-6-16)27-20(21)22/h4-10,20H,3,11-12H2,1-2H3,(H,23,25). The monoisotopic (exact) mass is 409 g/mol. The molecule has 0 aromatic heterocycles. The number of thioether (sulfide) groups is 1. The first-order valence-electron chi connectivity index (χ1n) is 8.58. The van der Waals surface area contributed by atoms with Crippen LogP contribution in [-0.4, -0.2) is 30.7 Å². The second-order valence-corrected chi connectivity index (χ2v) is 6.74. The number of anilines is 1. The van der Waals surface area contributed by atoms with Crippen LogP contribution in [-0.2, 0) is 10.5 Å². The molecule has 5 nitrogen and oxygen atoms in total. The maximum absolute atomic E-state index is 12.1. The van der Waals surface area contributed by atoms with Crippen molar-refractivity contribution in [3.8, 4) is 11.5 Å². The predicted molar refractivity (Wildman–Crippen MR) is 105 cm³/mol. The molecule has 1 N–H and O–H groups in total. The van der Waals surface area contributed by atoms with E-state index in [2.05, 4.69) is 10.1 Å². The van der Waals surface area contributed by atoms with E-state index >= 15 is 0 Å². The number of ketones is 1. The minimum Gasteiger partial charge on any atom is -0.494 e. The van der Waals surface area contributed by atoms with Crippen LogP contribution < -0.4 is 14.8 Å². The summed E-state index contributed by atoms with van der Waals surface area (Å²) in [5, 5.41) is 2.69. The molecular formula is C20H21F2NO4S. The lowest BCUT2D eigenvalue weighted by atomic mass is 10.1. The number of rotatable bonds is 10. The van der Waals surface area contributed by atoms with Crippen LogP contribution in [0.1, 0.15) is 29.8 Å². The van der Waals surface area contributed by atoms with E-state index < -0.39 is 6.61 Å². The van der Waals surface area contributed by atoms with Crippen molar-refractivity contribution in [3.63, 3.8) is 0 Å². The number of alkyl halides is 2. The number of carbonyl (C=O) groups is 2. The largest absolute Gasteiger partial charge is 0.494 e. The number of hydrogen-bond acceptors (Lipinski definition) is 5. The fourth-order valence-corrected chi connectivity index (χ4v) is 3.18. The summed E-state index contributed by atoms with van der Waals surface area (Å²) in [5.74, 6) is 1.14. The Balaban J connectivity index is 1.89. The molecule has 28 heavy (non-hydrogen) atoms. The Morgan fingerprint density at radius 3 is 2.46 bits per heavy atom. The van der Waals surface area contributed by atoms with Crippen LogP contribution >= 0.6 is 11.8 Å². The first-order valence-corrected chi connectivity index (χ1v) is 9.73. The van der Waals surface area contributed by atoms with Gasteiger partial charge in [-0.15, -0.1) is 11.8 Å². The Labute approximate surface area is 166 Å². The molecule has 0 fully saturated rings. The van der Waals surface area contributed by atoms with Gasteiger partial charge < -0.3 is 14.8 Å². The number of carbonyl (C=O) groups excluding carboxylic acids is 2. The molecule has 0 saturated heterocycles. The molecule has 8 heteroatoms. The van der Waals surface area contributed by atoms with Gasteiger partial charge in [-0.05, 0) is 56.3 Å². The maximum atomic E-state index is 12.1. The van der Waals surface area contributed by atoms with E-state index in [1.807, 2.05) is 6.92 Å². The molecule has 0 spiro atoms. The van der Waals surface area contributed by atoms with Crippen LogP contribution in [0.2, 0.25) is 0 Å². The summed E-state index contributed by atoms with van der Waals surface area (Å²) in [5.41, 5.74) is 1.93. The lowest BCUT2D eigenvalue weighted by Crippen LogP contribution is -2.14. The van der Waals surface area contributed by atoms with Crippen molar-refractivity contribution in [3.05, 3.63) is 53.6 Å². The molecule has 0 aliphatic carbocycles. The molecule has 0 aliphatic heterocycles. The van der Waals surface area contributed by atoms with Gasteiger partial charge in [-0.1, -0.05) is 0 Å². The summed E-state index contributed by atoms with van der Waals surface area (Å²) >= 11 is 1.38. The number of halogens is 2. The van der Waals surface area contributed by atoms with Crippen molar-refractivity contribution < 1.29 is 27.8 Å². The summed E-state index contributed by atoms with van der Waals surface area (Å²) in [6.07, 6.45) is 0. The minimum absolute atomic E-state index is 0.0242. The van der Waals surface area contributed by atoms with Gasteiger partial charge in [-0.2, -0.15) is 8.78 Å². The van der Waals surface area contributed by atoms with E-state index in [4.69, 9.17) is 4.74 Å². The van der Waals surface area contributed by atoms with Crippen LogP contribution in [0.25, 0.3) is 0 Å². The zero-order valence-electron chi connectivity index (χ0n) is 15.5. The van der Waals surface area contributed by atoms with Crippen molar-refractivity contribution in [2.24, 2.45) is 0 Å². The van der Waals surface area contributed by atoms with Crippen LogP contribution in [0.5, 0.6) is 11.5 Å². The van der Waals surface area contributed by atoms with Gasteiger partial charge in [0.15, 0.2) is 5.78 Å². The van der Waals surface area contributed by atoms with Gasteiger partial charge >= 0.3 is 6.61 Å². The molecule has 150 valence electrons. The smallest absolute Gasteiger partial charge is 0.387 e. The number of amides is 1. The Morgan fingerprint density at radius 2 is 1.86 bits per heavy atom. The molecule has 2 rings (SSSR count). The Hall–Kier alpha value is -2.61. The average molecular weight is 409 g/mol. The molecule has 0 atom stereocenters. The van der Waals surface area contributed by atoms with E-state index in [-0.39, 0.29) is 23.2 Å². The molecule has 2 aromatic carbocycles. The second-order valence-electron chi connectivity index (χ2n) is 5.76. The SMILES string of the molecule is CCOc1ccc(C(C)=O)cc1CSCC(=O)Nc1ccc(OC(F)F)cc1. The lowest BCUT2D eigenvalue weighted by molar-refractivity contribution is -0.113. The minimum atomic E-state index is -2.89. The van der Waals surface area contributed by atoms with Gasteiger partial charge in [0.05, 0.1) is 12.4 Å². The summed E-state index contributed by atoms with van der Waals surface area (Å²) in [6, 6.07) is 11.0. The molecule has 0 saturated carbocycles. The molecule has 2 aromatic rings. The van der Waals surface area contributed by atoms with Crippen molar-refractivity contribution in [1.82, 2.24) is 0 Å². The fraction of sp³-hybridized carbons (Fsp3) is 0.300. The number of ether oxygens (including phenoxy) is 2. The number of benzene rings is 2. The fourth-order valence-electron chi connectivity index (χ4n) is 2.38. The zero-order valence-corrected chi connectivity index (χ0v) is 16.4. The number of Topliss-reactive ketones (excluding diaryl/α,β-unsaturated/α-hetero) is 1. The van der Waals surface area contributed by atoms with Crippen molar-refractivity contribution in [1.29, 1.82) is 0 Å². The van der Waals surface area contributed by atoms with Crippen molar-refractivity contribution >= 4 is 29.1 Å². The summed E-state index contributed by atoms with van der Waals surface area (Å²) in [4.78, 5) is 23.7. The number of hydrogen-bond donors (Lipinski definition) is 1. The highest BCUT2D eigenvalue weighted by Gasteiger charge is 2.10. The third-order valence-corrected chi connectivity index (χ3v) is 4.60. The molecular weight excluding hydrogens is 388 g/mol. The van der Waals surface area contributed by atoms with Crippen molar-refractivity contribution in [2.45, 2.75) is 26.2 Å². The molecule has 1 amide bonds. The van der Waals surface area contributed by atoms with E-state index in [1.165, 1.54) is 43.0 Å². The molecule has 0 radical (unpaired) electrons. The van der Waals surface area contributed by atoms with Crippen LogP contribution in [0.3, 0.4) is 0 Å². The summed E-state index contributed by atoms with van der Waals surface area (Å²) in [7, 11) is 0. The second kappa shape index (κ2) is 10.7. The van der Waals surface area contributed by atoms with Crippen molar-refractivity contribution in [2.75, 3.05) is 17.7 Å². The van der Waals surface area contributed by atoms with E-state index in [0.717, 1.165) is 5.56 Å². The molecule has 0 aliphatic rings. The Morgan fingerprint density at radius 1 is 1.14 bits per heavy atom.